The topological polar surface area (TPSA) is 78.9 Å². The maximum absolute atomic E-state index is 13.5. The van der Waals surface area contributed by atoms with Crippen LogP contribution in [0.15, 0.2) is 54.7 Å². The molecule has 69 heavy (non-hydrogen) atoms. The number of unbranched alkanes of at least 4 members (excludes halogenated alkanes) is 36. The van der Waals surface area contributed by atoms with Gasteiger partial charge < -0.3 is 14.2 Å². The van der Waals surface area contributed by atoms with Crippen molar-refractivity contribution in [3.8, 4) is 0 Å². The van der Waals surface area contributed by atoms with E-state index in [0.717, 1.165) is 77.0 Å². The number of carbonyl (C=O) groups is 3. The SMILES string of the molecule is CCCCCCCCC=CCCCCCCCCOC(=O)c1ccc(C(=O)OCCCCCCCCC=CCCCCCCCC)c(C(=O)OCCCCCCCCC=CCCCCCCCC)c1. The third-order valence-electron chi connectivity index (χ3n) is 13.4. The number of hydrogen-bond donors (Lipinski definition) is 0. The number of allylic oxidation sites excluding steroid dienone is 6. The van der Waals surface area contributed by atoms with E-state index in [-0.39, 0.29) is 23.3 Å². The summed E-state index contributed by atoms with van der Waals surface area (Å²) in [4.78, 5) is 39.9. The lowest BCUT2D eigenvalue weighted by atomic mass is 10.0. The van der Waals surface area contributed by atoms with Crippen molar-refractivity contribution in [2.75, 3.05) is 19.8 Å². The van der Waals surface area contributed by atoms with Crippen molar-refractivity contribution in [3.63, 3.8) is 0 Å². The lowest BCUT2D eigenvalue weighted by molar-refractivity contribution is 0.0448. The molecule has 1 aromatic rings. The van der Waals surface area contributed by atoms with E-state index in [9.17, 15) is 14.4 Å². The number of benzene rings is 1. The normalized spacial score (nSPS) is 11.7. The molecule has 1 rings (SSSR count). The van der Waals surface area contributed by atoms with E-state index < -0.39 is 17.9 Å². The van der Waals surface area contributed by atoms with Gasteiger partial charge in [0.1, 0.15) is 0 Å². The van der Waals surface area contributed by atoms with Gasteiger partial charge in [-0.2, -0.15) is 0 Å². The molecule has 0 bridgehead atoms. The first kappa shape index (κ1) is 63.9. The summed E-state index contributed by atoms with van der Waals surface area (Å²) in [6.07, 6.45) is 65.1. The smallest absolute Gasteiger partial charge is 0.339 e. The Morgan fingerprint density at radius 2 is 0.551 bits per heavy atom. The van der Waals surface area contributed by atoms with Crippen LogP contribution in [0.1, 0.15) is 322 Å². The molecule has 0 aromatic heterocycles. The van der Waals surface area contributed by atoms with Crippen LogP contribution in [0.25, 0.3) is 0 Å². The minimum atomic E-state index is -0.602. The average Bonchev–Trinajstić information content (AvgIpc) is 3.36. The van der Waals surface area contributed by atoms with Crippen LogP contribution in [0.3, 0.4) is 0 Å². The minimum absolute atomic E-state index is 0.0669. The Bertz CT molecular complexity index is 1410. The Morgan fingerprint density at radius 3 is 0.855 bits per heavy atom. The molecular formula is C63H108O6. The van der Waals surface area contributed by atoms with Crippen molar-refractivity contribution >= 4 is 17.9 Å². The Hall–Kier alpha value is -3.15. The minimum Gasteiger partial charge on any atom is -0.462 e. The fraction of sp³-hybridized carbons (Fsp3) is 0.762. The van der Waals surface area contributed by atoms with Gasteiger partial charge >= 0.3 is 17.9 Å². The highest BCUT2D eigenvalue weighted by molar-refractivity contribution is 6.05. The summed E-state index contributed by atoms with van der Waals surface area (Å²) in [5, 5.41) is 0. The molecule has 0 N–H and O–H groups in total. The van der Waals surface area contributed by atoms with Crippen LogP contribution in [-0.4, -0.2) is 37.7 Å². The second kappa shape index (κ2) is 51.2. The highest BCUT2D eigenvalue weighted by atomic mass is 16.5. The summed E-state index contributed by atoms with van der Waals surface area (Å²) < 4.78 is 17.0. The third kappa shape index (κ3) is 41.2. The van der Waals surface area contributed by atoms with Crippen molar-refractivity contribution in [1.29, 1.82) is 0 Å². The molecule has 0 saturated carbocycles. The molecule has 0 amide bonds. The van der Waals surface area contributed by atoms with Crippen molar-refractivity contribution in [3.05, 3.63) is 71.3 Å². The predicted octanol–water partition coefficient (Wildman–Crippen LogP) is 20.3. The van der Waals surface area contributed by atoms with Gasteiger partial charge in [0.05, 0.1) is 36.5 Å². The van der Waals surface area contributed by atoms with E-state index in [1.54, 1.807) is 6.07 Å². The summed E-state index contributed by atoms with van der Waals surface area (Å²) in [7, 11) is 0. The number of ether oxygens (including phenoxy) is 3. The van der Waals surface area contributed by atoms with Gasteiger partial charge in [0.2, 0.25) is 0 Å². The molecule has 0 aliphatic heterocycles. The van der Waals surface area contributed by atoms with Gasteiger partial charge in [-0.1, -0.05) is 231 Å². The molecule has 1 aromatic carbocycles. The van der Waals surface area contributed by atoms with Gasteiger partial charge in [-0.25, -0.2) is 14.4 Å². The van der Waals surface area contributed by atoms with Gasteiger partial charge in [-0.15, -0.1) is 0 Å². The molecule has 0 radical (unpaired) electrons. The molecule has 0 unspecified atom stereocenters. The van der Waals surface area contributed by atoms with Gasteiger partial charge in [0.25, 0.3) is 0 Å². The van der Waals surface area contributed by atoms with E-state index >= 15 is 0 Å². The van der Waals surface area contributed by atoms with Crippen LogP contribution in [0, 0.1) is 0 Å². The fourth-order valence-corrected chi connectivity index (χ4v) is 8.80. The van der Waals surface area contributed by atoms with E-state index in [1.807, 2.05) is 0 Å². The molecule has 0 atom stereocenters. The number of hydrogen-bond acceptors (Lipinski definition) is 6. The molecule has 396 valence electrons. The average molecular weight is 962 g/mol. The van der Waals surface area contributed by atoms with Crippen molar-refractivity contribution in [1.82, 2.24) is 0 Å². The van der Waals surface area contributed by atoms with Crippen LogP contribution in [-0.2, 0) is 14.2 Å². The number of rotatable bonds is 51. The summed E-state index contributed by atoms with van der Waals surface area (Å²) in [6, 6.07) is 4.54. The molecule has 0 saturated heterocycles. The Balaban J connectivity index is 2.47. The number of carbonyl (C=O) groups excluding carboxylic acids is 3. The molecular weight excluding hydrogens is 853 g/mol. The van der Waals surface area contributed by atoms with Crippen molar-refractivity contribution < 1.29 is 28.6 Å². The zero-order valence-corrected chi connectivity index (χ0v) is 45.5. The van der Waals surface area contributed by atoms with Crippen LogP contribution < -0.4 is 0 Å². The largest absolute Gasteiger partial charge is 0.462 e. The molecule has 0 heterocycles. The first-order valence-corrected chi connectivity index (χ1v) is 29.6. The monoisotopic (exact) mass is 961 g/mol. The zero-order valence-electron chi connectivity index (χ0n) is 45.5. The van der Waals surface area contributed by atoms with E-state index in [0.29, 0.717) is 13.2 Å². The third-order valence-corrected chi connectivity index (χ3v) is 13.4. The predicted molar refractivity (Wildman–Crippen MR) is 296 cm³/mol. The maximum Gasteiger partial charge on any atom is 0.339 e. The van der Waals surface area contributed by atoms with Gasteiger partial charge in [-0.05, 0) is 115 Å². The Kier molecular flexibility index (Phi) is 47.4. The van der Waals surface area contributed by atoms with Crippen LogP contribution >= 0.6 is 0 Å². The molecule has 0 spiro atoms. The summed E-state index contributed by atoms with van der Waals surface area (Å²) in [5.74, 6) is -1.65. The summed E-state index contributed by atoms with van der Waals surface area (Å²) in [6.45, 7) is 7.70. The quantitative estimate of drug-likeness (QED) is 0.0280. The first-order valence-electron chi connectivity index (χ1n) is 29.6. The maximum atomic E-state index is 13.5. The summed E-state index contributed by atoms with van der Waals surface area (Å²) >= 11 is 0. The molecule has 0 aliphatic carbocycles. The van der Waals surface area contributed by atoms with E-state index in [4.69, 9.17) is 14.2 Å². The lowest BCUT2D eigenvalue weighted by Crippen LogP contribution is -2.17. The second-order valence-corrected chi connectivity index (χ2v) is 20.0. The van der Waals surface area contributed by atoms with Gasteiger partial charge in [-0.3, -0.25) is 0 Å². The van der Waals surface area contributed by atoms with Crippen LogP contribution in [0.4, 0.5) is 0 Å². The second-order valence-electron chi connectivity index (χ2n) is 20.0. The van der Waals surface area contributed by atoms with Crippen molar-refractivity contribution in [2.24, 2.45) is 0 Å². The molecule has 6 heteroatoms. The van der Waals surface area contributed by atoms with Gasteiger partial charge in [0, 0.05) is 0 Å². The standard InChI is InChI=1S/C63H108O6/c1-4-7-10-13-16-19-22-25-28-31-34-37-40-43-46-49-54-67-61(64)58-52-53-59(62(65)68-55-50-47-44-41-38-35-32-29-26-23-20-17-14-11-8-5-2)60(57-58)63(66)69-56-51-48-45-42-39-36-33-30-27-24-21-18-15-12-9-6-3/h25-30,52-53,57H,4-24,31-51,54-56H2,1-3H3. The van der Waals surface area contributed by atoms with Gasteiger partial charge in [0.15, 0.2) is 0 Å². The zero-order chi connectivity index (χ0) is 49.8. The molecule has 0 fully saturated rings. The molecule has 0 aliphatic rings. The van der Waals surface area contributed by atoms with Crippen molar-refractivity contribution in [2.45, 2.75) is 290 Å². The first-order chi connectivity index (χ1) is 34.0. The van der Waals surface area contributed by atoms with E-state index in [1.165, 1.54) is 205 Å². The van der Waals surface area contributed by atoms with Crippen LogP contribution in [0.5, 0.6) is 0 Å². The number of esters is 3. The Morgan fingerprint density at radius 1 is 0.304 bits per heavy atom. The highest BCUT2D eigenvalue weighted by Crippen LogP contribution is 2.19. The van der Waals surface area contributed by atoms with Crippen LogP contribution in [0.2, 0.25) is 0 Å². The Labute approximate surface area is 426 Å². The van der Waals surface area contributed by atoms with E-state index in [2.05, 4.69) is 57.2 Å². The highest BCUT2D eigenvalue weighted by Gasteiger charge is 2.22. The lowest BCUT2D eigenvalue weighted by Gasteiger charge is -2.12. The summed E-state index contributed by atoms with van der Waals surface area (Å²) in [5.41, 5.74) is 0.446. The molecule has 6 nitrogen and oxygen atoms in total. The fourth-order valence-electron chi connectivity index (χ4n) is 8.80.